The molecule has 106 valence electrons. The highest BCUT2D eigenvalue weighted by atomic mass is 16.5. The number of hydrogen-bond acceptors (Lipinski definition) is 4. The van der Waals surface area contributed by atoms with Gasteiger partial charge in [0, 0.05) is 12.7 Å². The Morgan fingerprint density at radius 1 is 1.42 bits per heavy atom. The predicted octanol–water partition coefficient (Wildman–Crippen LogP) is 2.18. The molecule has 0 aromatic carbocycles. The Kier molecular flexibility index (Phi) is 5.76. The van der Waals surface area contributed by atoms with Crippen LogP contribution < -0.4 is 15.8 Å². The molecule has 0 saturated carbocycles. The summed E-state index contributed by atoms with van der Waals surface area (Å²) in [7, 11) is 0. The molecule has 1 aromatic rings. The number of hydrogen-bond donors (Lipinski definition) is 2. The summed E-state index contributed by atoms with van der Waals surface area (Å²) < 4.78 is 5.39. The lowest BCUT2D eigenvalue weighted by atomic mass is 9.81. The topological polar surface area (TPSA) is 77.2 Å². The van der Waals surface area contributed by atoms with Gasteiger partial charge in [0.05, 0.1) is 12.0 Å². The first-order valence-electron chi connectivity index (χ1n) is 6.72. The van der Waals surface area contributed by atoms with Crippen molar-refractivity contribution in [2.24, 2.45) is 11.1 Å². The quantitative estimate of drug-likeness (QED) is 0.792. The highest BCUT2D eigenvalue weighted by Crippen LogP contribution is 2.29. The number of nitrogens with one attached hydrogen (secondary N) is 1. The van der Waals surface area contributed by atoms with Crippen molar-refractivity contribution >= 4 is 11.6 Å². The summed E-state index contributed by atoms with van der Waals surface area (Å²) in [5, 5.41) is 2.88. The zero-order valence-corrected chi connectivity index (χ0v) is 11.9. The van der Waals surface area contributed by atoms with Gasteiger partial charge >= 0.3 is 0 Å². The number of ether oxygens (including phenoxy) is 1. The lowest BCUT2D eigenvalue weighted by Crippen LogP contribution is -2.41. The van der Waals surface area contributed by atoms with Crippen LogP contribution in [0.2, 0.25) is 0 Å². The van der Waals surface area contributed by atoms with Crippen molar-refractivity contribution < 1.29 is 9.53 Å². The smallest absolute Gasteiger partial charge is 0.237 e. The number of nitrogens with zero attached hydrogens (tertiary/aromatic N) is 1. The van der Waals surface area contributed by atoms with Gasteiger partial charge in [0.2, 0.25) is 11.8 Å². The Morgan fingerprint density at radius 2 is 2.11 bits per heavy atom. The third-order valence-corrected chi connectivity index (χ3v) is 3.53. The molecule has 0 spiro atoms. The largest absolute Gasteiger partial charge is 0.476 e. The molecule has 3 N–H and O–H groups in total. The van der Waals surface area contributed by atoms with E-state index in [1.54, 1.807) is 18.3 Å². The highest BCUT2D eigenvalue weighted by molar-refractivity contribution is 5.96. The molecule has 0 aliphatic carbocycles. The van der Waals surface area contributed by atoms with E-state index in [1.807, 2.05) is 20.8 Å². The molecule has 1 rings (SSSR count). The minimum atomic E-state index is -0.528. The van der Waals surface area contributed by atoms with E-state index in [0.29, 0.717) is 37.6 Å². The maximum absolute atomic E-state index is 12.4. The number of carbonyl (C=O) groups is 1. The Hall–Kier alpha value is -1.62. The minimum absolute atomic E-state index is 0.0750. The third-order valence-electron chi connectivity index (χ3n) is 3.53. The maximum Gasteiger partial charge on any atom is 0.237 e. The van der Waals surface area contributed by atoms with Crippen LogP contribution in [0.15, 0.2) is 18.3 Å². The summed E-state index contributed by atoms with van der Waals surface area (Å²) in [6, 6.07) is 3.54. The van der Waals surface area contributed by atoms with Gasteiger partial charge in [-0.1, -0.05) is 13.8 Å². The standard InChI is InChI=1S/C14H23N3O2/c1-4-14(5-2,10-15)13(18)17-11-8-7-9-16-12(11)19-6-3/h7-9H,4-6,10,15H2,1-3H3,(H,17,18). The predicted molar refractivity (Wildman–Crippen MR) is 76.1 cm³/mol. The number of carbonyl (C=O) groups excluding carboxylic acids is 1. The summed E-state index contributed by atoms with van der Waals surface area (Å²) >= 11 is 0. The maximum atomic E-state index is 12.4. The van der Waals surface area contributed by atoms with E-state index in [4.69, 9.17) is 10.5 Å². The van der Waals surface area contributed by atoms with Crippen molar-refractivity contribution in [1.29, 1.82) is 0 Å². The van der Waals surface area contributed by atoms with Gasteiger partial charge in [-0.3, -0.25) is 4.79 Å². The van der Waals surface area contributed by atoms with Gasteiger partial charge in [0.15, 0.2) is 0 Å². The fourth-order valence-corrected chi connectivity index (χ4v) is 1.95. The van der Waals surface area contributed by atoms with Crippen molar-refractivity contribution in [2.45, 2.75) is 33.6 Å². The van der Waals surface area contributed by atoms with E-state index in [0.717, 1.165) is 0 Å². The van der Waals surface area contributed by atoms with Crippen LogP contribution in [-0.4, -0.2) is 24.0 Å². The van der Waals surface area contributed by atoms with E-state index in [1.165, 1.54) is 0 Å². The number of amides is 1. The number of aromatic nitrogens is 1. The van der Waals surface area contributed by atoms with Crippen LogP contribution in [0.5, 0.6) is 5.88 Å². The molecule has 0 saturated heterocycles. The van der Waals surface area contributed by atoms with Crippen LogP contribution >= 0.6 is 0 Å². The molecule has 5 nitrogen and oxygen atoms in total. The van der Waals surface area contributed by atoms with Crippen molar-refractivity contribution in [3.8, 4) is 5.88 Å². The molecule has 0 radical (unpaired) electrons. The fraction of sp³-hybridized carbons (Fsp3) is 0.571. The molecular formula is C14H23N3O2. The first-order valence-corrected chi connectivity index (χ1v) is 6.72. The second-order valence-corrected chi connectivity index (χ2v) is 4.43. The summed E-state index contributed by atoms with van der Waals surface area (Å²) in [5.41, 5.74) is 5.84. The molecule has 1 heterocycles. The SMILES string of the molecule is CCOc1ncccc1NC(=O)C(CC)(CC)CN. The van der Waals surface area contributed by atoms with Crippen LogP contribution in [0.3, 0.4) is 0 Å². The Morgan fingerprint density at radius 3 is 2.63 bits per heavy atom. The van der Waals surface area contributed by atoms with Gasteiger partial charge in [0.1, 0.15) is 5.69 Å². The summed E-state index contributed by atoms with van der Waals surface area (Å²) in [6.45, 7) is 6.66. The number of pyridine rings is 1. The van der Waals surface area contributed by atoms with Gasteiger partial charge in [0.25, 0.3) is 0 Å². The van der Waals surface area contributed by atoms with Crippen LogP contribution in [0.1, 0.15) is 33.6 Å². The minimum Gasteiger partial charge on any atom is -0.476 e. The molecule has 1 aromatic heterocycles. The second-order valence-electron chi connectivity index (χ2n) is 4.43. The van der Waals surface area contributed by atoms with Crippen LogP contribution in [0.25, 0.3) is 0 Å². The monoisotopic (exact) mass is 265 g/mol. The molecule has 0 fully saturated rings. The van der Waals surface area contributed by atoms with E-state index in [2.05, 4.69) is 10.3 Å². The number of rotatable bonds is 7. The molecule has 0 unspecified atom stereocenters. The van der Waals surface area contributed by atoms with E-state index in [9.17, 15) is 4.79 Å². The molecule has 0 aliphatic rings. The highest BCUT2D eigenvalue weighted by Gasteiger charge is 2.33. The van der Waals surface area contributed by atoms with Crippen molar-refractivity contribution in [3.05, 3.63) is 18.3 Å². The third kappa shape index (κ3) is 3.44. The van der Waals surface area contributed by atoms with Crippen LogP contribution in [0.4, 0.5) is 5.69 Å². The van der Waals surface area contributed by atoms with Crippen LogP contribution in [0, 0.1) is 5.41 Å². The Labute approximate surface area is 114 Å². The van der Waals surface area contributed by atoms with Gasteiger partial charge in [-0.25, -0.2) is 4.98 Å². The van der Waals surface area contributed by atoms with Crippen molar-refractivity contribution in [2.75, 3.05) is 18.5 Å². The Bertz CT molecular complexity index is 409. The molecule has 5 heteroatoms. The van der Waals surface area contributed by atoms with Gasteiger partial charge in [-0.15, -0.1) is 0 Å². The molecule has 0 aliphatic heterocycles. The molecule has 0 atom stereocenters. The molecule has 1 amide bonds. The van der Waals surface area contributed by atoms with Crippen molar-refractivity contribution in [3.63, 3.8) is 0 Å². The lowest BCUT2D eigenvalue weighted by molar-refractivity contribution is -0.125. The first kappa shape index (κ1) is 15.4. The first-order chi connectivity index (χ1) is 9.13. The number of anilines is 1. The van der Waals surface area contributed by atoms with Crippen molar-refractivity contribution in [1.82, 2.24) is 4.98 Å². The fourth-order valence-electron chi connectivity index (χ4n) is 1.95. The molecule has 19 heavy (non-hydrogen) atoms. The summed E-state index contributed by atoms with van der Waals surface area (Å²) in [4.78, 5) is 16.5. The van der Waals surface area contributed by atoms with Gasteiger partial charge in [-0.2, -0.15) is 0 Å². The second kappa shape index (κ2) is 7.09. The summed E-state index contributed by atoms with van der Waals surface area (Å²) in [6.07, 6.45) is 3.04. The zero-order chi connectivity index (χ0) is 14.3. The van der Waals surface area contributed by atoms with E-state index < -0.39 is 5.41 Å². The summed E-state index contributed by atoms with van der Waals surface area (Å²) in [5.74, 6) is 0.366. The normalized spacial score (nSPS) is 11.2. The molecular weight excluding hydrogens is 242 g/mol. The average Bonchev–Trinajstić information content (AvgIpc) is 2.44. The van der Waals surface area contributed by atoms with Gasteiger partial charge < -0.3 is 15.8 Å². The Balaban J connectivity index is 2.92. The average molecular weight is 265 g/mol. The lowest BCUT2D eigenvalue weighted by Gasteiger charge is -2.28. The van der Waals surface area contributed by atoms with E-state index >= 15 is 0 Å². The zero-order valence-electron chi connectivity index (χ0n) is 11.9. The molecule has 0 bridgehead atoms. The van der Waals surface area contributed by atoms with Gasteiger partial charge in [-0.05, 0) is 31.9 Å². The van der Waals surface area contributed by atoms with Crippen LogP contribution in [-0.2, 0) is 4.79 Å². The number of nitrogens with two attached hydrogens (primary N) is 1. The van der Waals surface area contributed by atoms with E-state index in [-0.39, 0.29) is 5.91 Å².